The van der Waals surface area contributed by atoms with Crippen molar-refractivity contribution in [1.82, 2.24) is 4.98 Å². The maximum absolute atomic E-state index is 12.5. The predicted molar refractivity (Wildman–Crippen MR) is 88.7 cm³/mol. The summed E-state index contributed by atoms with van der Waals surface area (Å²) in [5.41, 5.74) is -0.707. The largest absolute Gasteiger partial charge is 0.436 e. The van der Waals surface area contributed by atoms with Gasteiger partial charge in [-0.2, -0.15) is 23.7 Å². The Morgan fingerprint density at radius 3 is 2.23 bits per heavy atom. The summed E-state index contributed by atoms with van der Waals surface area (Å²) in [6.45, 7) is 0. The van der Waals surface area contributed by atoms with E-state index in [1.54, 1.807) is 12.1 Å². The molecule has 0 spiro atoms. The summed E-state index contributed by atoms with van der Waals surface area (Å²) in [7, 11) is 0. The topological polar surface area (TPSA) is 81.7 Å². The van der Waals surface area contributed by atoms with Crippen molar-refractivity contribution in [3.63, 3.8) is 0 Å². The minimum Gasteiger partial charge on any atom is -0.436 e. The van der Waals surface area contributed by atoms with Gasteiger partial charge in [0.2, 0.25) is 5.88 Å². The van der Waals surface area contributed by atoms with Crippen molar-refractivity contribution >= 4 is 28.9 Å². The number of rotatable bonds is 4. The van der Waals surface area contributed by atoms with Crippen LogP contribution in [-0.4, -0.2) is 4.98 Å². The predicted octanol–water partition coefficient (Wildman–Crippen LogP) is 5.54. The Hall–Kier alpha value is -2.94. The molecule has 0 atom stereocenters. The molecule has 5 nitrogen and oxygen atoms in total. The summed E-state index contributed by atoms with van der Waals surface area (Å²) in [6.07, 6.45) is -2.71. The molecule has 132 valence electrons. The second kappa shape index (κ2) is 7.96. The number of anilines is 1. The Bertz CT molecular complexity index is 889. The van der Waals surface area contributed by atoms with Gasteiger partial charge in [-0.1, -0.05) is 23.2 Å². The molecule has 0 aliphatic carbocycles. The maximum Gasteiger partial charge on any atom is 0.417 e. The standard InChI is InChI=1S/C16H7Cl2F3N4O/c17-12-3-11(24-7-9(5-22)6-23)4-13(18)15(12)26-14-2-1-10(8-25-14)16(19,20)21/h1-4,7-8,24H. The first kappa shape index (κ1) is 19.4. The molecule has 0 radical (unpaired) electrons. The summed E-state index contributed by atoms with van der Waals surface area (Å²) < 4.78 is 42.9. The summed E-state index contributed by atoms with van der Waals surface area (Å²) in [5, 5.41) is 20.1. The molecule has 1 N–H and O–H groups in total. The summed E-state index contributed by atoms with van der Waals surface area (Å²) >= 11 is 12.1. The van der Waals surface area contributed by atoms with Crippen molar-refractivity contribution in [3.05, 3.63) is 57.8 Å². The molecule has 1 aromatic carbocycles. The summed E-state index contributed by atoms with van der Waals surface area (Å²) in [5.74, 6) is -0.130. The summed E-state index contributed by atoms with van der Waals surface area (Å²) in [4.78, 5) is 3.57. The van der Waals surface area contributed by atoms with E-state index in [1.165, 1.54) is 18.3 Å². The van der Waals surface area contributed by atoms with Crippen molar-refractivity contribution in [3.8, 4) is 23.8 Å². The lowest BCUT2D eigenvalue weighted by molar-refractivity contribution is -0.137. The molecule has 0 saturated carbocycles. The van der Waals surface area contributed by atoms with Gasteiger partial charge in [0.25, 0.3) is 0 Å². The van der Waals surface area contributed by atoms with E-state index < -0.39 is 11.7 Å². The molecule has 0 aliphatic heterocycles. The third kappa shape index (κ3) is 4.79. The number of alkyl halides is 3. The van der Waals surface area contributed by atoms with Crippen LogP contribution in [0.3, 0.4) is 0 Å². The molecule has 2 rings (SSSR count). The molecule has 0 fully saturated rings. The minimum absolute atomic E-state index is 0.00379. The highest BCUT2D eigenvalue weighted by molar-refractivity contribution is 6.37. The number of pyridine rings is 1. The van der Waals surface area contributed by atoms with Crippen LogP contribution < -0.4 is 10.1 Å². The van der Waals surface area contributed by atoms with E-state index in [0.717, 1.165) is 12.1 Å². The van der Waals surface area contributed by atoms with Crippen LogP contribution in [0, 0.1) is 22.7 Å². The molecule has 0 unspecified atom stereocenters. The minimum atomic E-state index is -4.51. The van der Waals surface area contributed by atoms with Crippen LogP contribution in [-0.2, 0) is 6.18 Å². The van der Waals surface area contributed by atoms with Crippen molar-refractivity contribution in [2.45, 2.75) is 6.18 Å². The van der Waals surface area contributed by atoms with Gasteiger partial charge >= 0.3 is 6.18 Å². The fraction of sp³-hybridized carbons (Fsp3) is 0.0625. The zero-order chi connectivity index (χ0) is 19.3. The monoisotopic (exact) mass is 398 g/mol. The molecule has 10 heteroatoms. The third-order valence-corrected chi connectivity index (χ3v) is 3.45. The molecule has 0 bridgehead atoms. The lowest BCUT2D eigenvalue weighted by Gasteiger charge is -2.12. The van der Waals surface area contributed by atoms with Crippen LogP contribution >= 0.6 is 23.2 Å². The van der Waals surface area contributed by atoms with E-state index in [1.807, 2.05) is 0 Å². The average Bonchev–Trinajstić information content (AvgIpc) is 2.58. The van der Waals surface area contributed by atoms with Crippen LogP contribution in [0.1, 0.15) is 5.56 Å². The van der Waals surface area contributed by atoms with Gasteiger partial charge in [-0.25, -0.2) is 4.98 Å². The number of halogens is 5. The highest BCUT2D eigenvalue weighted by Gasteiger charge is 2.30. The van der Waals surface area contributed by atoms with E-state index in [4.69, 9.17) is 38.5 Å². The second-order valence-corrected chi connectivity index (χ2v) is 5.49. The number of allylic oxidation sites excluding steroid dienone is 1. The first-order valence-corrected chi connectivity index (χ1v) is 7.47. The highest BCUT2D eigenvalue weighted by Crippen LogP contribution is 2.39. The number of ether oxygens (including phenoxy) is 1. The Morgan fingerprint density at radius 2 is 1.77 bits per heavy atom. The molecule has 26 heavy (non-hydrogen) atoms. The van der Waals surface area contributed by atoms with Crippen molar-refractivity contribution in [2.75, 3.05) is 5.32 Å². The zero-order valence-electron chi connectivity index (χ0n) is 12.6. The van der Waals surface area contributed by atoms with Gasteiger partial charge in [-0.15, -0.1) is 0 Å². The number of nitrogens with zero attached hydrogens (tertiary/aromatic N) is 3. The first-order valence-electron chi connectivity index (χ1n) is 6.71. The quantitative estimate of drug-likeness (QED) is 0.683. The van der Waals surface area contributed by atoms with E-state index in [2.05, 4.69) is 10.3 Å². The Morgan fingerprint density at radius 1 is 1.15 bits per heavy atom. The number of hydrogen-bond donors (Lipinski definition) is 1. The van der Waals surface area contributed by atoms with Crippen LogP contribution in [0.5, 0.6) is 11.6 Å². The van der Waals surface area contributed by atoms with Crippen LogP contribution in [0.4, 0.5) is 18.9 Å². The molecule has 0 saturated heterocycles. The van der Waals surface area contributed by atoms with E-state index in [0.29, 0.717) is 11.9 Å². The van der Waals surface area contributed by atoms with Crippen molar-refractivity contribution in [1.29, 1.82) is 10.5 Å². The van der Waals surface area contributed by atoms with Gasteiger partial charge in [0, 0.05) is 24.2 Å². The smallest absolute Gasteiger partial charge is 0.417 e. The first-order chi connectivity index (χ1) is 12.2. The lowest BCUT2D eigenvalue weighted by Crippen LogP contribution is -2.05. The van der Waals surface area contributed by atoms with Crippen LogP contribution in [0.15, 0.2) is 42.2 Å². The molecular formula is C16H7Cl2F3N4O. The zero-order valence-corrected chi connectivity index (χ0v) is 14.1. The van der Waals surface area contributed by atoms with E-state index >= 15 is 0 Å². The fourth-order valence-corrected chi connectivity index (χ4v) is 2.26. The highest BCUT2D eigenvalue weighted by atomic mass is 35.5. The van der Waals surface area contributed by atoms with E-state index in [-0.39, 0.29) is 27.2 Å². The molecule has 1 heterocycles. The van der Waals surface area contributed by atoms with Gasteiger partial charge in [0.1, 0.15) is 17.7 Å². The lowest BCUT2D eigenvalue weighted by atomic mass is 10.2. The SMILES string of the molecule is N#CC(C#N)=CNc1cc(Cl)c(Oc2ccc(C(F)(F)F)cn2)c(Cl)c1. The van der Waals surface area contributed by atoms with Gasteiger partial charge < -0.3 is 10.1 Å². The van der Waals surface area contributed by atoms with Gasteiger partial charge in [-0.05, 0) is 18.2 Å². The van der Waals surface area contributed by atoms with Crippen LogP contribution in [0.2, 0.25) is 10.0 Å². The second-order valence-electron chi connectivity index (χ2n) is 4.68. The molecule has 1 aromatic heterocycles. The molecule has 0 aliphatic rings. The third-order valence-electron chi connectivity index (χ3n) is 2.89. The maximum atomic E-state index is 12.5. The molecule has 2 aromatic rings. The Kier molecular flexibility index (Phi) is 5.93. The summed E-state index contributed by atoms with van der Waals surface area (Å²) in [6, 6.07) is 7.99. The normalized spacial score (nSPS) is 10.4. The van der Waals surface area contributed by atoms with Crippen molar-refractivity contribution in [2.24, 2.45) is 0 Å². The Labute approximate surface area is 155 Å². The van der Waals surface area contributed by atoms with Gasteiger partial charge in [0.15, 0.2) is 5.75 Å². The number of nitrogens with one attached hydrogen (secondary N) is 1. The Balaban J connectivity index is 2.22. The fourth-order valence-electron chi connectivity index (χ4n) is 1.70. The number of benzene rings is 1. The van der Waals surface area contributed by atoms with E-state index in [9.17, 15) is 13.2 Å². The van der Waals surface area contributed by atoms with Crippen molar-refractivity contribution < 1.29 is 17.9 Å². The molecule has 0 amide bonds. The number of aromatic nitrogens is 1. The van der Waals surface area contributed by atoms with Gasteiger partial charge in [0.05, 0.1) is 15.6 Å². The number of nitriles is 2. The molecular weight excluding hydrogens is 392 g/mol. The van der Waals surface area contributed by atoms with Gasteiger partial charge in [-0.3, -0.25) is 0 Å². The average molecular weight is 399 g/mol. The number of hydrogen-bond acceptors (Lipinski definition) is 5. The van der Waals surface area contributed by atoms with Crippen LogP contribution in [0.25, 0.3) is 0 Å².